The largest absolute Gasteiger partial charge is 0.470 e. The lowest BCUT2D eigenvalue weighted by molar-refractivity contribution is 0.339. The van der Waals surface area contributed by atoms with E-state index in [4.69, 9.17) is 16.3 Å². The van der Waals surface area contributed by atoms with Crippen LogP contribution in [0.5, 0.6) is 5.19 Å². The first-order chi connectivity index (χ1) is 6.29. The highest BCUT2D eigenvalue weighted by Gasteiger charge is 2.03. The van der Waals surface area contributed by atoms with Crippen molar-refractivity contribution in [1.29, 1.82) is 0 Å². The van der Waals surface area contributed by atoms with Gasteiger partial charge in [-0.3, -0.25) is 0 Å². The Hall–Kier alpha value is -0.800. The smallest absolute Gasteiger partial charge is 0.274 e. The fourth-order valence-corrected chi connectivity index (χ4v) is 2.09. The van der Waals surface area contributed by atoms with Gasteiger partial charge in [0.25, 0.3) is 5.19 Å². The van der Waals surface area contributed by atoms with Crippen LogP contribution in [-0.2, 0) is 0 Å². The number of halogens is 1. The predicted molar refractivity (Wildman–Crippen MR) is 55.8 cm³/mol. The van der Waals surface area contributed by atoms with Crippen molar-refractivity contribution in [3.8, 4) is 5.19 Å². The average molecular weight is 214 g/mol. The minimum atomic E-state index is 0.646. The van der Waals surface area contributed by atoms with Gasteiger partial charge in [0.2, 0.25) is 0 Å². The molecule has 0 aliphatic heterocycles. The molecule has 0 bridgehead atoms. The molecule has 0 unspecified atom stereocenters. The molecule has 13 heavy (non-hydrogen) atoms. The molecular formula is C9H8ClNOS. The van der Waals surface area contributed by atoms with Gasteiger partial charge in [0.15, 0.2) is 0 Å². The van der Waals surface area contributed by atoms with Gasteiger partial charge in [-0.25, -0.2) is 4.98 Å². The quantitative estimate of drug-likeness (QED) is 0.763. The molecule has 0 N–H and O–H groups in total. The zero-order chi connectivity index (χ0) is 9.26. The van der Waals surface area contributed by atoms with E-state index in [0.717, 1.165) is 10.2 Å². The first kappa shape index (κ1) is 8.78. The third kappa shape index (κ3) is 1.76. The SMILES string of the molecule is CCOc1nc2cc(Cl)ccc2s1. The molecule has 0 saturated carbocycles. The monoisotopic (exact) mass is 213 g/mol. The van der Waals surface area contributed by atoms with Crippen LogP contribution in [0.4, 0.5) is 0 Å². The summed E-state index contributed by atoms with van der Waals surface area (Å²) in [6, 6.07) is 5.66. The van der Waals surface area contributed by atoms with Gasteiger partial charge in [0, 0.05) is 5.02 Å². The van der Waals surface area contributed by atoms with E-state index < -0.39 is 0 Å². The summed E-state index contributed by atoms with van der Waals surface area (Å²) >= 11 is 7.37. The van der Waals surface area contributed by atoms with Crippen molar-refractivity contribution in [1.82, 2.24) is 4.98 Å². The molecule has 0 aliphatic rings. The van der Waals surface area contributed by atoms with E-state index >= 15 is 0 Å². The number of nitrogens with zero attached hydrogens (tertiary/aromatic N) is 1. The van der Waals surface area contributed by atoms with Gasteiger partial charge < -0.3 is 4.74 Å². The summed E-state index contributed by atoms with van der Waals surface area (Å²) in [6.45, 7) is 2.59. The maximum absolute atomic E-state index is 5.83. The highest BCUT2D eigenvalue weighted by atomic mass is 35.5. The van der Waals surface area contributed by atoms with Gasteiger partial charge in [-0.1, -0.05) is 22.9 Å². The second-order valence-corrected chi connectivity index (χ2v) is 3.95. The normalized spacial score (nSPS) is 10.6. The van der Waals surface area contributed by atoms with Crippen LogP contribution in [0.2, 0.25) is 5.02 Å². The first-order valence-corrected chi connectivity index (χ1v) is 5.18. The number of aromatic nitrogens is 1. The minimum absolute atomic E-state index is 0.646. The van der Waals surface area contributed by atoms with E-state index in [-0.39, 0.29) is 0 Å². The van der Waals surface area contributed by atoms with Gasteiger partial charge in [0.1, 0.15) is 0 Å². The highest BCUT2D eigenvalue weighted by Crippen LogP contribution is 2.29. The Balaban J connectivity index is 2.49. The zero-order valence-corrected chi connectivity index (χ0v) is 8.65. The maximum Gasteiger partial charge on any atom is 0.274 e. The summed E-state index contributed by atoms with van der Waals surface area (Å²) in [5.41, 5.74) is 0.904. The van der Waals surface area contributed by atoms with Crippen molar-refractivity contribution in [3.05, 3.63) is 23.2 Å². The van der Waals surface area contributed by atoms with E-state index in [1.54, 1.807) is 0 Å². The van der Waals surface area contributed by atoms with E-state index in [2.05, 4.69) is 4.98 Å². The Labute approximate surface area is 85.1 Å². The van der Waals surface area contributed by atoms with Crippen LogP contribution < -0.4 is 4.74 Å². The summed E-state index contributed by atoms with van der Waals surface area (Å²) in [6.07, 6.45) is 0. The van der Waals surface area contributed by atoms with E-state index in [1.165, 1.54) is 11.3 Å². The molecule has 0 spiro atoms. The molecule has 0 radical (unpaired) electrons. The number of hydrogen-bond donors (Lipinski definition) is 0. The van der Waals surface area contributed by atoms with Gasteiger partial charge in [-0.15, -0.1) is 0 Å². The molecule has 68 valence electrons. The second kappa shape index (κ2) is 3.52. The molecule has 1 aromatic carbocycles. The molecule has 0 aliphatic carbocycles. The molecule has 2 aromatic rings. The van der Waals surface area contributed by atoms with Crippen LogP contribution in [0.15, 0.2) is 18.2 Å². The van der Waals surface area contributed by atoms with Crippen LogP contribution in [0.3, 0.4) is 0 Å². The lowest BCUT2D eigenvalue weighted by Crippen LogP contribution is -1.88. The fraction of sp³-hybridized carbons (Fsp3) is 0.222. The maximum atomic E-state index is 5.83. The summed E-state index contributed by atoms with van der Waals surface area (Å²) < 4.78 is 6.40. The fourth-order valence-electron chi connectivity index (χ4n) is 1.06. The predicted octanol–water partition coefficient (Wildman–Crippen LogP) is 3.35. The second-order valence-electron chi connectivity index (χ2n) is 2.52. The highest BCUT2D eigenvalue weighted by molar-refractivity contribution is 7.20. The summed E-state index contributed by atoms with van der Waals surface area (Å²) in [5.74, 6) is 0. The molecule has 0 saturated heterocycles. The third-order valence-corrected chi connectivity index (χ3v) is 2.78. The van der Waals surface area contributed by atoms with Crippen molar-refractivity contribution in [2.24, 2.45) is 0 Å². The molecule has 0 atom stereocenters. The lowest BCUT2D eigenvalue weighted by Gasteiger charge is -1.92. The summed E-state index contributed by atoms with van der Waals surface area (Å²) in [5, 5.41) is 1.42. The number of ether oxygens (including phenoxy) is 1. The molecule has 0 fully saturated rings. The zero-order valence-electron chi connectivity index (χ0n) is 7.08. The van der Waals surface area contributed by atoms with Crippen molar-refractivity contribution >= 4 is 33.2 Å². The van der Waals surface area contributed by atoms with Crippen LogP contribution in [0, 0.1) is 0 Å². The van der Waals surface area contributed by atoms with Crippen molar-refractivity contribution < 1.29 is 4.74 Å². The molecular weight excluding hydrogens is 206 g/mol. The third-order valence-electron chi connectivity index (χ3n) is 1.60. The number of fused-ring (bicyclic) bond motifs is 1. The van der Waals surface area contributed by atoms with Crippen LogP contribution >= 0.6 is 22.9 Å². The average Bonchev–Trinajstić information content (AvgIpc) is 2.46. The van der Waals surface area contributed by atoms with Gasteiger partial charge >= 0.3 is 0 Å². The first-order valence-electron chi connectivity index (χ1n) is 3.98. The van der Waals surface area contributed by atoms with Crippen molar-refractivity contribution in [3.63, 3.8) is 0 Å². The molecule has 2 nitrogen and oxygen atoms in total. The number of hydrogen-bond acceptors (Lipinski definition) is 3. The van der Waals surface area contributed by atoms with E-state index in [1.807, 2.05) is 25.1 Å². The topological polar surface area (TPSA) is 22.1 Å². The molecule has 2 rings (SSSR count). The summed E-state index contributed by atoms with van der Waals surface area (Å²) in [4.78, 5) is 4.28. The molecule has 4 heteroatoms. The lowest BCUT2D eigenvalue weighted by atomic mass is 10.3. The summed E-state index contributed by atoms with van der Waals surface area (Å²) in [7, 11) is 0. The Bertz CT molecular complexity index is 426. The number of thiazole rings is 1. The van der Waals surface area contributed by atoms with Crippen LogP contribution in [0.1, 0.15) is 6.92 Å². The van der Waals surface area contributed by atoms with Crippen molar-refractivity contribution in [2.45, 2.75) is 6.92 Å². The van der Waals surface area contributed by atoms with Crippen molar-refractivity contribution in [2.75, 3.05) is 6.61 Å². The Morgan fingerprint density at radius 2 is 2.38 bits per heavy atom. The Morgan fingerprint density at radius 3 is 3.15 bits per heavy atom. The van der Waals surface area contributed by atoms with Crippen LogP contribution in [-0.4, -0.2) is 11.6 Å². The minimum Gasteiger partial charge on any atom is -0.470 e. The van der Waals surface area contributed by atoms with E-state index in [0.29, 0.717) is 16.8 Å². The Kier molecular flexibility index (Phi) is 2.38. The molecule has 0 amide bonds. The standard InChI is InChI=1S/C9H8ClNOS/c1-2-12-9-11-7-5-6(10)3-4-8(7)13-9/h3-5H,2H2,1H3. The molecule has 1 heterocycles. The molecule has 1 aromatic heterocycles. The van der Waals surface area contributed by atoms with Gasteiger partial charge in [0.05, 0.1) is 16.8 Å². The van der Waals surface area contributed by atoms with Gasteiger partial charge in [-0.2, -0.15) is 0 Å². The number of rotatable bonds is 2. The Morgan fingerprint density at radius 1 is 1.54 bits per heavy atom. The van der Waals surface area contributed by atoms with Gasteiger partial charge in [-0.05, 0) is 25.1 Å². The number of benzene rings is 1. The van der Waals surface area contributed by atoms with Crippen LogP contribution in [0.25, 0.3) is 10.2 Å². The van der Waals surface area contributed by atoms with E-state index in [9.17, 15) is 0 Å².